The van der Waals surface area contributed by atoms with Gasteiger partial charge < -0.3 is 15.2 Å². The first-order valence-electron chi connectivity index (χ1n) is 5.93. The summed E-state index contributed by atoms with van der Waals surface area (Å²) in [7, 11) is 1.54. The van der Waals surface area contributed by atoms with E-state index in [-0.39, 0.29) is 6.42 Å². The molecule has 0 aromatic heterocycles. The third-order valence-electron chi connectivity index (χ3n) is 2.58. The number of rotatable bonds is 6. The normalized spacial score (nSPS) is 12.8. The van der Waals surface area contributed by atoms with E-state index in [1.54, 1.807) is 31.4 Å². The van der Waals surface area contributed by atoms with Crippen LogP contribution in [0.1, 0.15) is 12.0 Å². The van der Waals surface area contributed by atoms with Gasteiger partial charge in [-0.1, -0.05) is 12.1 Å². The molecule has 0 heterocycles. The fourth-order valence-corrected chi connectivity index (χ4v) is 1.49. The van der Waals surface area contributed by atoms with Gasteiger partial charge in [0.1, 0.15) is 11.8 Å². The SMILES string of the molecule is COc1ccc(CC[C@H](N)C(=O)OCC(F)(F)F)cc1. The maximum Gasteiger partial charge on any atom is 0.422 e. The molecule has 0 aliphatic heterocycles. The number of hydrogen-bond acceptors (Lipinski definition) is 4. The molecule has 0 unspecified atom stereocenters. The molecule has 0 bridgehead atoms. The number of hydrogen-bond donors (Lipinski definition) is 1. The van der Waals surface area contributed by atoms with Crippen molar-refractivity contribution in [2.24, 2.45) is 5.73 Å². The summed E-state index contributed by atoms with van der Waals surface area (Å²) < 4.78 is 44.7. The van der Waals surface area contributed by atoms with Crippen LogP contribution in [0.15, 0.2) is 24.3 Å². The minimum atomic E-state index is -4.54. The molecule has 4 nitrogen and oxygen atoms in total. The standard InChI is InChI=1S/C13H16F3NO3/c1-19-10-5-2-9(3-6-10)4-7-11(17)12(18)20-8-13(14,15)16/h2-3,5-6,11H,4,7-8,17H2,1H3/t11-/m0/s1. The maximum absolute atomic E-state index is 11.9. The number of nitrogens with two attached hydrogens (primary N) is 1. The van der Waals surface area contributed by atoms with Crippen LogP contribution < -0.4 is 10.5 Å². The second kappa shape index (κ2) is 7.14. The third-order valence-corrected chi connectivity index (χ3v) is 2.58. The second-order valence-corrected chi connectivity index (χ2v) is 4.22. The highest BCUT2D eigenvalue weighted by Crippen LogP contribution is 2.16. The van der Waals surface area contributed by atoms with Crippen LogP contribution in [0.4, 0.5) is 13.2 Å². The first-order chi connectivity index (χ1) is 9.31. The summed E-state index contributed by atoms with van der Waals surface area (Å²) in [5.74, 6) is -0.349. The average molecular weight is 291 g/mol. The molecule has 0 spiro atoms. The first kappa shape index (κ1) is 16.3. The van der Waals surface area contributed by atoms with Crippen molar-refractivity contribution in [3.63, 3.8) is 0 Å². The number of halogens is 3. The lowest BCUT2D eigenvalue weighted by atomic mass is 10.1. The molecule has 0 aliphatic carbocycles. The average Bonchev–Trinajstić information content (AvgIpc) is 2.41. The van der Waals surface area contributed by atoms with Crippen molar-refractivity contribution in [2.75, 3.05) is 13.7 Å². The van der Waals surface area contributed by atoms with Crippen LogP contribution in [0.25, 0.3) is 0 Å². The quantitative estimate of drug-likeness (QED) is 0.815. The molecule has 20 heavy (non-hydrogen) atoms. The lowest BCUT2D eigenvalue weighted by Gasteiger charge is -2.13. The summed E-state index contributed by atoms with van der Waals surface area (Å²) >= 11 is 0. The Morgan fingerprint density at radius 3 is 2.40 bits per heavy atom. The molecule has 0 saturated heterocycles. The molecule has 1 atom stereocenters. The van der Waals surface area contributed by atoms with Gasteiger partial charge in [-0.3, -0.25) is 4.79 Å². The van der Waals surface area contributed by atoms with E-state index >= 15 is 0 Å². The molecule has 2 N–H and O–H groups in total. The van der Waals surface area contributed by atoms with Crippen molar-refractivity contribution >= 4 is 5.97 Å². The summed E-state index contributed by atoms with van der Waals surface area (Å²) in [4.78, 5) is 11.2. The number of carbonyl (C=O) groups excluding carboxylic acids is 1. The van der Waals surface area contributed by atoms with E-state index in [4.69, 9.17) is 10.5 Å². The molecule has 1 aromatic rings. The van der Waals surface area contributed by atoms with E-state index in [0.717, 1.165) is 5.56 Å². The number of alkyl halides is 3. The predicted octanol–water partition coefficient (Wildman–Crippen LogP) is 2.06. The van der Waals surface area contributed by atoms with Crippen LogP contribution >= 0.6 is 0 Å². The Hall–Kier alpha value is -1.76. The van der Waals surface area contributed by atoms with Gasteiger partial charge in [-0.15, -0.1) is 0 Å². The Bertz CT molecular complexity index is 431. The minimum absolute atomic E-state index is 0.211. The highest BCUT2D eigenvalue weighted by Gasteiger charge is 2.30. The predicted molar refractivity (Wildman–Crippen MR) is 66.3 cm³/mol. The van der Waals surface area contributed by atoms with Crippen LogP contribution in [-0.4, -0.2) is 31.9 Å². The summed E-state index contributed by atoms with van der Waals surface area (Å²) in [5, 5.41) is 0. The molecule has 0 radical (unpaired) electrons. The van der Waals surface area contributed by atoms with Crippen molar-refractivity contribution in [1.82, 2.24) is 0 Å². The van der Waals surface area contributed by atoms with Crippen molar-refractivity contribution in [3.05, 3.63) is 29.8 Å². The fourth-order valence-electron chi connectivity index (χ4n) is 1.49. The second-order valence-electron chi connectivity index (χ2n) is 4.22. The zero-order valence-corrected chi connectivity index (χ0v) is 10.9. The number of methoxy groups -OCH3 is 1. The fraction of sp³-hybridized carbons (Fsp3) is 0.462. The Kier molecular flexibility index (Phi) is 5.82. The Morgan fingerprint density at radius 2 is 1.90 bits per heavy atom. The largest absolute Gasteiger partial charge is 0.497 e. The van der Waals surface area contributed by atoms with Crippen molar-refractivity contribution in [1.29, 1.82) is 0 Å². The molecular formula is C13H16F3NO3. The molecule has 0 fully saturated rings. The Morgan fingerprint density at radius 1 is 1.30 bits per heavy atom. The number of aryl methyl sites for hydroxylation is 1. The van der Waals surface area contributed by atoms with Crippen LogP contribution in [0.3, 0.4) is 0 Å². The van der Waals surface area contributed by atoms with Gasteiger partial charge in [-0.05, 0) is 30.5 Å². The van der Waals surface area contributed by atoms with Gasteiger partial charge in [-0.2, -0.15) is 13.2 Å². The highest BCUT2D eigenvalue weighted by atomic mass is 19.4. The van der Waals surface area contributed by atoms with Crippen LogP contribution in [0.5, 0.6) is 5.75 Å². The minimum Gasteiger partial charge on any atom is -0.497 e. The number of ether oxygens (including phenoxy) is 2. The van der Waals surface area contributed by atoms with Crippen LogP contribution in [0.2, 0.25) is 0 Å². The number of esters is 1. The smallest absolute Gasteiger partial charge is 0.422 e. The highest BCUT2D eigenvalue weighted by molar-refractivity contribution is 5.75. The topological polar surface area (TPSA) is 61.5 Å². The zero-order valence-electron chi connectivity index (χ0n) is 10.9. The summed E-state index contributed by atoms with van der Waals surface area (Å²) in [6.07, 6.45) is -3.86. The molecule has 112 valence electrons. The van der Waals surface area contributed by atoms with E-state index in [9.17, 15) is 18.0 Å². The summed E-state index contributed by atoms with van der Waals surface area (Å²) in [5.41, 5.74) is 6.39. The molecule has 0 amide bonds. The van der Waals surface area contributed by atoms with Gasteiger partial charge in [0.2, 0.25) is 0 Å². The summed E-state index contributed by atoms with van der Waals surface area (Å²) in [6.45, 7) is -1.61. The van der Waals surface area contributed by atoms with Gasteiger partial charge in [-0.25, -0.2) is 0 Å². The lowest BCUT2D eigenvalue weighted by molar-refractivity contribution is -0.187. The van der Waals surface area contributed by atoms with Gasteiger partial charge in [0.15, 0.2) is 6.61 Å². The van der Waals surface area contributed by atoms with Gasteiger partial charge in [0.05, 0.1) is 7.11 Å². The van der Waals surface area contributed by atoms with Crippen LogP contribution in [0, 0.1) is 0 Å². The van der Waals surface area contributed by atoms with E-state index in [1.807, 2.05) is 0 Å². The van der Waals surface area contributed by atoms with Crippen LogP contribution in [-0.2, 0) is 16.0 Å². The van der Waals surface area contributed by atoms with E-state index in [1.165, 1.54) is 0 Å². The van der Waals surface area contributed by atoms with E-state index in [0.29, 0.717) is 12.2 Å². The van der Waals surface area contributed by atoms with Gasteiger partial charge >= 0.3 is 12.1 Å². The van der Waals surface area contributed by atoms with Gasteiger partial charge in [0, 0.05) is 0 Å². The third kappa shape index (κ3) is 5.92. The first-order valence-corrected chi connectivity index (χ1v) is 5.93. The van der Waals surface area contributed by atoms with Gasteiger partial charge in [0.25, 0.3) is 0 Å². The van der Waals surface area contributed by atoms with Crippen molar-refractivity contribution in [2.45, 2.75) is 25.1 Å². The van der Waals surface area contributed by atoms with E-state index in [2.05, 4.69) is 4.74 Å². The zero-order chi connectivity index (χ0) is 15.2. The molecule has 1 aromatic carbocycles. The Balaban J connectivity index is 2.38. The number of benzene rings is 1. The molecule has 0 saturated carbocycles. The summed E-state index contributed by atoms with van der Waals surface area (Å²) in [6, 6.07) is 6.03. The Labute approximate surface area is 114 Å². The van der Waals surface area contributed by atoms with Crippen molar-refractivity contribution < 1.29 is 27.4 Å². The molecular weight excluding hydrogens is 275 g/mol. The van der Waals surface area contributed by atoms with Crippen molar-refractivity contribution in [3.8, 4) is 5.75 Å². The lowest BCUT2D eigenvalue weighted by Crippen LogP contribution is -2.35. The molecule has 7 heteroatoms. The number of carbonyl (C=O) groups is 1. The molecule has 1 rings (SSSR count). The molecule has 0 aliphatic rings. The maximum atomic E-state index is 11.9. The monoisotopic (exact) mass is 291 g/mol. The van der Waals surface area contributed by atoms with E-state index < -0.39 is 24.8 Å².